The van der Waals surface area contributed by atoms with Crippen LogP contribution < -0.4 is 38.4 Å². The summed E-state index contributed by atoms with van der Waals surface area (Å²) in [4.78, 5) is 101. The normalized spacial score (nSPS) is 12.6. The molecule has 6 aromatic rings. The molecule has 0 saturated carbocycles. The van der Waals surface area contributed by atoms with Gasteiger partial charge in [0.1, 0.15) is 23.7 Å². The van der Waals surface area contributed by atoms with Gasteiger partial charge in [0.05, 0.1) is 76.8 Å². The minimum Gasteiger partial charge on any atom is -0.445 e. The number of urea groups is 1. The maximum atomic E-state index is 14.0. The number of rotatable bonds is 34. The monoisotopic (exact) mass is 1160 g/mol. The number of aromatic nitrogens is 5. The van der Waals surface area contributed by atoms with Crippen molar-refractivity contribution in [2.75, 3.05) is 83.6 Å². The Kier molecular flexibility index (Phi) is 23.9. The summed E-state index contributed by atoms with van der Waals surface area (Å²) in [7, 11) is 2.01. The predicted molar refractivity (Wildman–Crippen MR) is 314 cm³/mol. The molecule has 0 bridgehead atoms. The maximum Gasteiger partial charge on any atom is 0.410 e. The van der Waals surface area contributed by atoms with Crippen molar-refractivity contribution in [3.63, 3.8) is 0 Å². The Morgan fingerprint density at radius 1 is 0.771 bits per heavy atom. The molecule has 0 spiro atoms. The number of fused-ring (bicyclic) bond motifs is 3. The number of nitrogens with zero attached hydrogens (tertiary/aromatic N) is 6. The number of ether oxygens (including phenoxy) is 5. The second kappa shape index (κ2) is 31.6. The molecule has 1 aliphatic heterocycles. The summed E-state index contributed by atoms with van der Waals surface area (Å²) in [5.41, 5.74) is 23.3. The van der Waals surface area contributed by atoms with Gasteiger partial charge in [0.25, 0.3) is 0 Å². The smallest absolute Gasteiger partial charge is 0.410 e. The lowest BCUT2D eigenvalue weighted by atomic mass is 9.88. The molecule has 3 aromatic heterocycles. The molecule has 0 fully saturated rings. The van der Waals surface area contributed by atoms with E-state index in [4.69, 9.17) is 40.9 Å². The van der Waals surface area contributed by atoms with Crippen LogP contribution in [0.4, 0.5) is 26.8 Å². The van der Waals surface area contributed by atoms with Crippen molar-refractivity contribution in [1.29, 1.82) is 0 Å². The number of hydrogen-bond donors (Lipinski definition) is 6. The number of Topliss-reactive ketones (excluding diaryl/α,β-unsaturated/α-hetero) is 2. The number of primary amides is 1. The Hall–Kier alpha value is -7.74. The number of aryl methyl sites for hydroxylation is 1. The topological polar surface area (TPSA) is 317 Å². The Morgan fingerprint density at radius 2 is 1.37 bits per heavy atom. The van der Waals surface area contributed by atoms with E-state index in [1.165, 1.54) is 0 Å². The second-order valence-corrected chi connectivity index (χ2v) is 21.5. The van der Waals surface area contributed by atoms with E-state index in [9.17, 15) is 28.8 Å². The summed E-state index contributed by atoms with van der Waals surface area (Å²) in [6.45, 7) is 9.84. The summed E-state index contributed by atoms with van der Waals surface area (Å²) in [5, 5.41) is 5.44. The summed E-state index contributed by atoms with van der Waals surface area (Å²) >= 11 is 1.60. The number of nitrogen functional groups attached to an aromatic ring is 1. The number of imidazole rings is 1. The van der Waals surface area contributed by atoms with Gasteiger partial charge in [0.15, 0.2) is 17.2 Å². The van der Waals surface area contributed by atoms with Crippen LogP contribution in [0.5, 0.6) is 0 Å². The lowest BCUT2D eigenvalue weighted by molar-refractivity contribution is -0.134. The maximum absolute atomic E-state index is 14.0. The van der Waals surface area contributed by atoms with Gasteiger partial charge < -0.3 is 61.4 Å². The lowest BCUT2D eigenvalue weighted by Gasteiger charge is -2.30. The molecule has 4 heterocycles. The fourth-order valence-corrected chi connectivity index (χ4v) is 10.6. The highest BCUT2D eigenvalue weighted by atomic mass is 32.2. The molecule has 24 heteroatoms. The van der Waals surface area contributed by atoms with Crippen molar-refractivity contribution in [3.8, 4) is 0 Å². The van der Waals surface area contributed by atoms with Gasteiger partial charge in [-0.15, -0.1) is 0 Å². The van der Waals surface area contributed by atoms with Gasteiger partial charge in [0.2, 0.25) is 5.91 Å². The largest absolute Gasteiger partial charge is 0.445 e. The predicted octanol–water partition coefficient (Wildman–Crippen LogP) is 5.72. The number of nitrogens with two attached hydrogens (primary N) is 3. The van der Waals surface area contributed by atoms with Gasteiger partial charge in [-0.3, -0.25) is 28.8 Å². The van der Waals surface area contributed by atoms with E-state index in [1.807, 2.05) is 57.3 Å². The van der Waals surface area contributed by atoms with Crippen molar-refractivity contribution in [1.82, 2.24) is 40.0 Å². The Morgan fingerprint density at radius 3 is 2.02 bits per heavy atom. The summed E-state index contributed by atoms with van der Waals surface area (Å²) < 4.78 is 29.3. The van der Waals surface area contributed by atoms with E-state index < -0.39 is 30.0 Å². The van der Waals surface area contributed by atoms with Crippen LogP contribution in [0.15, 0.2) is 99.8 Å². The van der Waals surface area contributed by atoms with Crippen molar-refractivity contribution >= 4 is 69.7 Å². The number of H-pyrrole nitrogens is 1. The molecule has 23 nitrogen and oxygen atoms in total. The highest BCUT2D eigenvalue weighted by Gasteiger charge is 2.30. The number of carbonyl (C=O) groups is 5. The number of anilines is 3. The van der Waals surface area contributed by atoms with Gasteiger partial charge in [-0.2, -0.15) is 0 Å². The van der Waals surface area contributed by atoms with Crippen LogP contribution in [0.3, 0.4) is 0 Å². The first-order chi connectivity index (χ1) is 40.1. The quantitative estimate of drug-likeness (QED) is 0.0263. The van der Waals surface area contributed by atoms with Crippen LogP contribution in [0, 0.1) is 18.8 Å². The van der Waals surface area contributed by atoms with Crippen LogP contribution >= 0.6 is 11.8 Å². The van der Waals surface area contributed by atoms with Crippen molar-refractivity contribution in [2.45, 2.75) is 94.9 Å². The van der Waals surface area contributed by atoms with Crippen molar-refractivity contribution in [3.05, 3.63) is 129 Å². The molecule has 3 aromatic carbocycles. The molecule has 0 aliphatic carbocycles. The minimum atomic E-state index is -0.909. The fourth-order valence-electron chi connectivity index (χ4n) is 9.32. The first kappa shape index (κ1) is 62.9. The molecule has 1 aliphatic rings. The van der Waals surface area contributed by atoms with E-state index >= 15 is 0 Å². The standard InChI is InChI=1S/C59H76N12O11S/c1-38(2)46(33-45(72)17-22-78-24-26-80-28-29-81-27-25-79-23-18-60)56(74)67-47(6-5-19-64-57(62)75)50(73)30-40-7-9-42(10-8-40)37-82-59(77)70(34-41-15-20-63-21-16-41)35-43-11-13-48-51(31-43)83-52-32-44(12-14-49(52)69(48)4)36-71-55-53(68-58(71)76)54(61)65-39(3)66-55/h7-16,20-21,31-32,38,46-47H,5-6,17-19,22-30,33-37,60H2,1-4H3,(H,67,74)(H,68,76)(H2,61,65,66)(H3,62,64,75)/t46-,47-/m0/s1. The summed E-state index contributed by atoms with van der Waals surface area (Å²) in [6.07, 6.45) is 3.47. The SMILES string of the molecule is Cc1nc(N)c2[nH]c(=O)n(Cc3ccc4c(c3)Sc3cc(CN(Cc5ccncc5)C(=O)OCc5ccc(CC(=O)[C@H](CCCNC(N)=O)NC(=O)[C@@H](CC(=O)CCOCCOCCOCCOCCN)C(C)C)cc5)ccc3N4C)c2n1. The second-order valence-electron chi connectivity index (χ2n) is 20.4. The number of carbonyl (C=O) groups excluding carboxylic acids is 5. The Bertz CT molecular complexity index is 3200. The highest BCUT2D eigenvalue weighted by Crippen LogP contribution is 2.48. The Balaban J connectivity index is 0.927. The first-order valence-corrected chi connectivity index (χ1v) is 28.6. The third kappa shape index (κ3) is 18.9. The minimum absolute atomic E-state index is 0.0169. The van der Waals surface area contributed by atoms with E-state index in [1.54, 1.807) is 64.8 Å². The molecule has 0 unspecified atom stereocenters. The lowest BCUT2D eigenvalue weighted by Crippen LogP contribution is -2.46. The first-order valence-electron chi connectivity index (χ1n) is 27.7. The van der Waals surface area contributed by atoms with Crippen molar-refractivity contribution in [2.24, 2.45) is 23.3 Å². The van der Waals surface area contributed by atoms with Crippen LogP contribution in [-0.4, -0.2) is 138 Å². The number of pyridine rings is 1. The zero-order valence-electron chi connectivity index (χ0n) is 47.6. The number of hydrogen-bond acceptors (Lipinski definition) is 18. The third-order valence-corrected chi connectivity index (χ3v) is 14.9. The van der Waals surface area contributed by atoms with Gasteiger partial charge in [-0.1, -0.05) is 62.0 Å². The number of nitrogens with one attached hydrogen (secondary N) is 3. The number of aromatic amines is 1. The zero-order chi connectivity index (χ0) is 59.3. The number of ketones is 2. The molecule has 83 heavy (non-hydrogen) atoms. The van der Waals surface area contributed by atoms with E-state index in [0.717, 1.165) is 37.9 Å². The number of amides is 4. The average molecular weight is 1160 g/mol. The molecule has 444 valence electrons. The van der Waals surface area contributed by atoms with Crippen LogP contribution in [0.2, 0.25) is 0 Å². The zero-order valence-corrected chi connectivity index (χ0v) is 48.4. The van der Waals surface area contributed by atoms with Gasteiger partial charge in [-0.25, -0.2) is 24.4 Å². The molecular weight excluding hydrogens is 1080 g/mol. The molecule has 9 N–H and O–H groups in total. The van der Waals surface area contributed by atoms with E-state index in [0.29, 0.717) is 87.3 Å². The summed E-state index contributed by atoms with van der Waals surface area (Å²) in [6, 6.07) is 21.4. The highest BCUT2D eigenvalue weighted by molar-refractivity contribution is 7.99. The van der Waals surface area contributed by atoms with Crippen LogP contribution in [0.25, 0.3) is 11.2 Å². The molecule has 4 amide bonds. The molecule has 0 radical (unpaired) electrons. The third-order valence-electron chi connectivity index (χ3n) is 13.8. The van der Waals surface area contributed by atoms with Gasteiger partial charge in [-0.05, 0) is 89.9 Å². The average Bonchev–Trinajstić information content (AvgIpc) is 4.08. The number of benzene rings is 3. The fraction of sp³-hybridized carbons (Fsp3) is 0.441. The molecule has 2 atom stereocenters. The van der Waals surface area contributed by atoms with Gasteiger partial charge >= 0.3 is 17.8 Å². The van der Waals surface area contributed by atoms with Crippen LogP contribution in [0.1, 0.15) is 73.2 Å². The van der Waals surface area contributed by atoms with Crippen molar-refractivity contribution < 1.29 is 47.7 Å². The Labute approximate surface area is 486 Å². The van der Waals surface area contributed by atoms with Crippen LogP contribution in [-0.2, 0) is 70.7 Å². The molecule has 7 rings (SSSR count). The van der Waals surface area contributed by atoms with E-state index in [-0.39, 0.29) is 94.1 Å². The molecule has 0 saturated heterocycles. The molecular formula is C59H76N12O11S. The van der Waals surface area contributed by atoms with Gasteiger partial charge in [0, 0.05) is 80.6 Å². The van der Waals surface area contributed by atoms with E-state index in [2.05, 4.69) is 47.6 Å². The summed E-state index contributed by atoms with van der Waals surface area (Å²) in [5.74, 6) is -1.03.